The van der Waals surface area contributed by atoms with Crippen molar-refractivity contribution in [3.63, 3.8) is 0 Å². The maximum absolute atomic E-state index is 13.2. The van der Waals surface area contributed by atoms with Crippen LogP contribution >= 0.6 is 11.6 Å². The molecule has 2 N–H and O–H groups in total. The summed E-state index contributed by atoms with van der Waals surface area (Å²) in [6, 6.07) is 3.97. The molecule has 0 aliphatic carbocycles. The quantitative estimate of drug-likeness (QED) is 0.864. The van der Waals surface area contributed by atoms with Gasteiger partial charge in [-0.3, -0.25) is 4.90 Å². The zero-order valence-corrected chi connectivity index (χ0v) is 14.2. The van der Waals surface area contributed by atoms with Crippen LogP contribution in [0, 0.1) is 5.82 Å². The minimum absolute atomic E-state index is 0.00119. The molecule has 1 atom stereocenters. The number of rotatable bonds is 3. The van der Waals surface area contributed by atoms with Crippen molar-refractivity contribution in [2.24, 2.45) is 0 Å². The van der Waals surface area contributed by atoms with Crippen LogP contribution in [-0.4, -0.2) is 74.4 Å². The van der Waals surface area contributed by atoms with E-state index in [-0.39, 0.29) is 17.2 Å². The van der Waals surface area contributed by atoms with Gasteiger partial charge in [-0.05, 0) is 18.2 Å². The molecule has 1 aromatic rings. The second-order valence-electron chi connectivity index (χ2n) is 6.04. The van der Waals surface area contributed by atoms with Gasteiger partial charge >= 0.3 is 6.03 Å². The zero-order valence-electron chi connectivity index (χ0n) is 13.4. The molecule has 0 spiro atoms. The highest BCUT2D eigenvalue weighted by Crippen LogP contribution is 2.19. The summed E-state index contributed by atoms with van der Waals surface area (Å²) in [4.78, 5) is 16.4. The lowest BCUT2D eigenvalue weighted by Crippen LogP contribution is -2.53. The number of hydrogen-bond donors (Lipinski definition) is 2. The highest BCUT2D eigenvalue weighted by atomic mass is 35.5. The van der Waals surface area contributed by atoms with Gasteiger partial charge in [-0.15, -0.1) is 0 Å². The summed E-state index contributed by atoms with van der Waals surface area (Å²) >= 11 is 5.73. The molecule has 2 fully saturated rings. The Labute approximate surface area is 145 Å². The number of piperazine rings is 1. The third-order valence-corrected chi connectivity index (χ3v) is 4.59. The largest absolute Gasteiger partial charge is 0.374 e. The Bertz CT molecular complexity index is 575. The predicted molar refractivity (Wildman–Crippen MR) is 91.1 cm³/mol. The van der Waals surface area contributed by atoms with E-state index in [1.54, 1.807) is 4.90 Å². The third-order valence-electron chi connectivity index (χ3n) is 4.30. The summed E-state index contributed by atoms with van der Waals surface area (Å²) in [5, 5.41) is 6.08. The van der Waals surface area contributed by atoms with Gasteiger partial charge in [0.25, 0.3) is 0 Å². The van der Waals surface area contributed by atoms with Gasteiger partial charge in [0, 0.05) is 51.5 Å². The summed E-state index contributed by atoms with van der Waals surface area (Å²) in [6.45, 7) is 6.38. The van der Waals surface area contributed by atoms with Crippen LogP contribution in [0.3, 0.4) is 0 Å². The number of nitrogens with zero attached hydrogens (tertiary/aromatic N) is 2. The molecule has 6 nitrogen and oxygen atoms in total. The van der Waals surface area contributed by atoms with Crippen LogP contribution in [-0.2, 0) is 4.74 Å². The number of nitrogens with one attached hydrogen (secondary N) is 2. The van der Waals surface area contributed by atoms with Gasteiger partial charge in [-0.2, -0.15) is 0 Å². The number of halogens is 2. The highest BCUT2D eigenvalue weighted by molar-refractivity contribution is 6.31. The van der Waals surface area contributed by atoms with E-state index in [1.807, 2.05) is 0 Å². The molecule has 8 heteroatoms. The van der Waals surface area contributed by atoms with E-state index in [1.165, 1.54) is 18.2 Å². The van der Waals surface area contributed by atoms with Crippen molar-refractivity contribution in [1.29, 1.82) is 0 Å². The first kappa shape index (κ1) is 17.4. The minimum atomic E-state index is -0.497. The summed E-state index contributed by atoms with van der Waals surface area (Å²) in [6.07, 6.45) is 0.223. The maximum Gasteiger partial charge on any atom is 0.321 e. The summed E-state index contributed by atoms with van der Waals surface area (Å²) in [5.74, 6) is -0.497. The Balaban J connectivity index is 1.45. The Morgan fingerprint density at radius 3 is 2.83 bits per heavy atom. The monoisotopic (exact) mass is 356 g/mol. The summed E-state index contributed by atoms with van der Waals surface area (Å²) in [7, 11) is 0. The number of amides is 2. The number of ether oxygens (including phenoxy) is 1. The fourth-order valence-corrected chi connectivity index (χ4v) is 3.12. The average molecular weight is 357 g/mol. The van der Waals surface area contributed by atoms with Gasteiger partial charge in [0.05, 0.1) is 17.7 Å². The zero-order chi connectivity index (χ0) is 16.9. The lowest BCUT2D eigenvalue weighted by molar-refractivity contribution is -0.00112. The first-order valence-electron chi connectivity index (χ1n) is 8.17. The van der Waals surface area contributed by atoms with Crippen molar-refractivity contribution >= 4 is 23.3 Å². The number of anilines is 1. The van der Waals surface area contributed by atoms with Crippen LogP contribution < -0.4 is 10.6 Å². The van der Waals surface area contributed by atoms with Gasteiger partial charge in [0.1, 0.15) is 5.82 Å². The highest BCUT2D eigenvalue weighted by Gasteiger charge is 2.24. The van der Waals surface area contributed by atoms with E-state index >= 15 is 0 Å². The molecule has 0 radical (unpaired) electrons. The van der Waals surface area contributed by atoms with Crippen molar-refractivity contribution in [3.8, 4) is 0 Å². The molecule has 2 amide bonds. The molecule has 0 bridgehead atoms. The lowest BCUT2D eigenvalue weighted by Gasteiger charge is -2.37. The molecule has 2 saturated heterocycles. The fourth-order valence-electron chi connectivity index (χ4n) is 2.93. The molecule has 132 valence electrons. The van der Waals surface area contributed by atoms with Crippen LogP contribution in [0.5, 0.6) is 0 Å². The molecule has 2 heterocycles. The first-order valence-corrected chi connectivity index (χ1v) is 8.55. The second-order valence-corrected chi connectivity index (χ2v) is 6.45. The lowest BCUT2D eigenvalue weighted by atomic mass is 10.2. The summed E-state index contributed by atoms with van der Waals surface area (Å²) < 4.78 is 18.9. The molecule has 0 unspecified atom stereocenters. The minimum Gasteiger partial charge on any atom is -0.374 e. The Morgan fingerprint density at radius 2 is 2.17 bits per heavy atom. The number of morpholine rings is 1. The average Bonchev–Trinajstić information content (AvgIpc) is 2.60. The Morgan fingerprint density at radius 1 is 1.38 bits per heavy atom. The van der Waals surface area contributed by atoms with Crippen LogP contribution in [0.25, 0.3) is 0 Å². The van der Waals surface area contributed by atoms with Gasteiger partial charge in [-0.1, -0.05) is 11.6 Å². The normalized spacial score (nSPS) is 22.4. The number of carbonyl (C=O) groups is 1. The number of benzene rings is 1. The molecular formula is C16H22ClFN4O2. The smallest absolute Gasteiger partial charge is 0.321 e. The van der Waals surface area contributed by atoms with E-state index in [2.05, 4.69) is 15.5 Å². The van der Waals surface area contributed by atoms with Gasteiger partial charge in [-0.25, -0.2) is 9.18 Å². The van der Waals surface area contributed by atoms with E-state index in [0.29, 0.717) is 18.8 Å². The number of hydrogen-bond acceptors (Lipinski definition) is 4. The molecular weight excluding hydrogens is 335 g/mol. The van der Waals surface area contributed by atoms with Crippen molar-refractivity contribution in [3.05, 3.63) is 29.0 Å². The van der Waals surface area contributed by atoms with Crippen LogP contribution in [0.1, 0.15) is 0 Å². The van der Waals surface area contributed by atoms with Crippen LogP contribution in [0.4, 0.5) is 14.9 Å². The van der Waals surface area contributed by atoms with Crippen molar-refractivity contribution in [2.75, 3.05) is 57.7 Å². The van der Waals surface area contributed by atoms with E-state index in [9.17, 15) is 9.18 Å². The molecule has 0 aromatic heterocycles. The third kappa shape index (κ3) is 4.57. The van der Waals surface area contributed by atoms with E-state index in [4.69, 9.17) is 16.3 Å². The molecule has 3 rings (SSSR count). The van der Waals surface area contributed by atoms with Crippen molar-refractivity contribution in [1.82, 2.24) is 15.1 Å². The SMILES string of the molecule is O=C(Nc1ccc(F)c(Cl)c1)N1CCN(C[C@H]2CNCCO2)CC1. The summed E-state index contributed by atoms with van der Waals surface area (Å²) in [5.41, 5.74) is 0.496. The molecule has 0 saturated carbocycles. The van der Waals surface area contributed by atoms with Gasteiger partial charge in [0.15, 0.2) is 0 Å². The maximum atomic E-state index is 13.2. The van der Waals surface area contributed by atoms with Crippen LogP contribution in [0.2, 0.25) is 5.02 Å². The van der Waals surface area contributed by atoms with Gasteiger partial charge < -0.3 is 20.3 Å². The fraction of sp³-hybridized carbons (Fsp3) is 0.562. The Hall–Kier alpha value is -1.41. The first-order chi connectivity index (χ1) is 11.6. The molecule has 1 aromatic carbocycles. The van der Waals surface area contributed by atoms with Crippen molar-refractivity contribution < 1.29 is 13.9 Å². The second kappa shape index (κ2) is 8.11. The predicted octanol–water partition coefficient (Wildman–Crippen LogP) is 1.62. The number of urea groups is 1. The molecule has 2 aliphatic heterocycles. The molecule has 24 heavy (non-hydrogen) atoms. The molecule has 2 aliphatic rings. The van der Waals surface area contributed by atoms with Gasteiger partial charge in [0.2, 0.25) is 0 Å². The van der Waals surface area contributed by atoms with Crippen LogP contribution in [0.15, 0.2) is 18.2 Å². The van der Waals surface area contributed by atoms with Crippen molar-refractivity contribution in [2.45, 2.75) is 6.10 Å². The topological polar surface area (TPSA) is 56.8 Å². The number of carbonyl (C=O) groups excluding carboxylic acids is 1. The van der Waals surface area contributed by atoms with E-state index in [0.717, 1.165) is 39.3 Å². The Kier molecular flexibility index (Phi) is 5.89. The van der Waals surface area contributed by atoms with E-state index < -0.39 is 5.82 Å². The standard InChI is InChI=1S/C16H22ClFN4O2/c17-14-9-12(1-2-15(14)18)20-16(23)22-6-4-21(5-7-22)11-13-10-19-3-8-24-13/h1-2,9,13,19H,3-8,10-11H2,(H,20,23)/t13-/m1/s1.